The summed E-state index contributed by atoms with van der Waals surface area (Å²) in [6.45, 7) is 4.66. The van der Waals surface area contributed by atoms with Crippen molar-refractivity contribution in [1.82, 2.24) is 5.32 Å². The normalized spacial score (nSPS) is 14.5. The molecule has 0 aromatic heterocycles. The molecule has 0 bridgehead atoms. The molecular formula is C62H114N2O6P+. The number of hydrogen-bond acceptors (Lipinski definition) is 5. The minimum absolute atomic E-state index is 0.0606. The minimum atomic E-state index is -4.33. The van der Waals surface area contributed by atoms with Gasteiger partial charge in [-0.1, -0.05) is 259 Å². The Kier molecular flexibility index (Phi) is 50.8. The fourth-order valence-electron chi connectivity index (χ4n) is 8.28. The number of rotatable bonds is 53. The minimum Gasteiger partial charge on any atom is -0.387 e. The maximum absolute atomic E-state index is 12.9. The Hall–Kier alpha value is -2.32. The Morgan fingerprint density at radius 3 is 1.24 bits per heavy atom. The number of phosphoric ester groups is 1. The number of aliphatic hydroxyl groups excluding tert-OH is 1. The molecule has 0 spiro atoms. The van der Waals surface area contributed by atoms with Crippen LogP contribution in [-0.2, 0) is 18.4 Å². The van der Waals surface area contributed by atoms with Crippen molar-refractivity contribution in [3.8, 4) is 0 Å². The summed E-state index contributed by atoms with van der Waals surface area (Å²) in [6.07, 6.45) is 74.5. The molecule has 0 rings (SSSR count). The third kappa shape index (κ3) is 55.3. The van der Waals surface area contributed by atoms with E-state index in [0.29, 0.717) is 17.4 Å². The van der Waals surface area contributed by atoms with Gasteiger partial charge in [-0.3, -0.25) is 13.8 Å². The number of nitrogens with one attached hydrogen (secondary N) is 1. The highest BCUT2D eigenvalue weighted by atomic mass is 31.2. The van der Waals surface area contributed by atoms with Crippen LogP contribution in [0.1, 0.15) is 251 Å². The average Bonchev–Trinajstić information content (AvgIpc) is 3.33. The first-order chi connectivity index (χ1) is 34.5. The van der Waals surface area contributed by atoms with E-state index in [1.54, 1.807) is 6.08 Å². The van der Waals surface area contributed by atoms with E-state index in [1.165, 1.54) is 154 Å². The van der Waals surface area contributed by atoms with Crippen LogP contribution in [0.5, 0.6) is 0 Å². The Morgan fingerprint density at radius 1 is 0.493 bits per heavy atom. The topological polar surface area (TPSA) is 105 Å². The molecule has 3 atom stereocenters. The van der Waals surface area contributed by atoms with Crippen LogP contribution in [0.2, 0.25) is 0 Å². The Labute approximate surface area is 439 Å². The van der Waals surface area contributed by atoms with Crippen molar-refractivity contribution in [3.63, 3.8) is 0 Å². The van der Waals surface area contributed by atoms with Crippen LogP contribution in [-0.4, -0.2) is 73.4 Å². The molecule has 0 aromatic carbocycles. The standard InChI is InChI=1S/C62H113N2O6P/c1-6-8-10-12-14-16-17-18-19-20-21-22-23-24-25-26-27-28-29-30-31-32-33-34-35-36-37-38-39-40-41-42-43-44-45-46-47-48-50-52-54-56-62(66)63-60(59-70-71(67,68)69-58-57-64(3,4)5)61(65)55-53-51-49-15-13-11-9-7-2/h8,10,14,16,18-19,21-22,24-25,27-28,53,55,60-61,65H,6-7,9,11-13,15,17,20,23,26,29-52,54,56-59H2,1-5H3,(H-,63,66,67,68)/p+1/b10-8-,16-14-,19-18-,22-21-,25-24-,28-27-,55-53+. The van der Waals surface area contributed by atoms with Crippen molar-refractivity contribution in [2.45, 2.75) is 264 Å². The van der Waals surface area contributed by atoms with E-state index in [9.17, 15) is 19.4 Å². The van der Waals surface area contributed by atoms with Gasteiger partial charge in [0, 0.05) is 6.42 Å². The molecule has 71 heavy (non-hydrogen) atoms. The second-order valence-corrected chi connectivity index (χ2v) is 22.4. The van der Waals surface area contributed by atoms with Crippen LogP contribution in [0.4, 0.5) is 0 Å². The fraction of sp³-hybridized carbons (Fsp3) is 0.758. The summed E-state index contributed by atoms with van der Waals surface area (Å²) in [5.74, 6) is -0.179. The van der Waals surface area contributed by atoms with Gasteiger partial charge in [-0.2, -0.15) is 0 Å². The first-order valence-corrected chi connectivity index (χ1v) is 31.0. The zero-order chi connectivity index (χ0) is 52.0. The van der Waals surface area contributed by atoms with Crippen molar-refractivity contribution in [2.75, 3.05) is 40.9 Å². The summed E-state index contributed by atoms with van der Waals surface area (Å²) in [7, 11) is 1.57. The van der Waals surface area contributed by atoms with Gasteiger partial charge in [-0.05, 0) is 70.6 Å². The van der Waals surface area contributed by atoms with Crippen LogP contribution in [0, 0.1) is 0 Å². The molecule has 412 valence electrons. The number of carbonyl (C=O) groups is 1. The van der Waals surface area contributed by atoms with Crippen molar-refractivity contribution in [3.05, 3.63) is 85.1 Å². The van der Waals surface area contributed by atoms with E-state index in [4.69, 9.17) is 9.05 Å². The van der Waals surface area contributed by atoms with Gasteiger partial charge in [0.05, 0.1) is 39.9 Å². The predicted molar refractivity (Wildman–Crippen MR) is 309 cm³/mol. The first kappa shape index (κ1) is 68.7. The lowest BCUT2D eigenvalue weighted by atomic mass is 10.0. The number of quaternary nitrogens is 1. The third-order valence-electron chi connectivity index (χ3n) is 12.9. The molecule has 0 radical (unpaired) electrons. The predicted octanol–water partition coefficient (Wildman–Crippen LogP) is 18.0. The molecule has 0 heterocycles. The second kappa shape index (κ2) is 52.5. The van der Waals surface area contributed by atoms with Crippen LogP contribution >= 0.6 is 7.82 Å². The van der Waals surface area contributed by atoms with E-state index < -0.39 is 20.0 Å². The number of phosphoric acid groups is 1. The lowest BCUT2D eigenvalue weighted by Crippen LogP contribution is -2.45. The van der Waals surface area contributed by atoms with Gasteiger partial charge in [0.2, 0.25) is 5.91 Å². The quantitative estimate of drug-likeness (QED) is 0.0243. The van der Waals surface area contributed by atoms with Gasteiger partial charge in [0.25, 0.3) is 0 Å². The number of unbranched alkanes of at least 4 members (excludes halogenated alkanes) is 28. The van der Waals surface area contributed by atoms with Crippen molar-refractivity contribution >= 4 is 13.7 Å². The molecule has 0 aromatic rings. The fourth-order valence-corrected chi connectivity index (χ4v) is 9.02. The molecule has 0 aliphatic carbocycles. The molecule has 0 saturated carbocycles. The number of allylic oxidation sites excluding steroid dienone is 13. The summed E-state index contributed by atoms with van der Waals surface area (Å²) in [4.78, 5) is 23.1. The Bertz CT molecular complexity index is 1430. The summed E-state index contributed by atoms with van der Waals surface area (Å²) >= 11 is 0. The van der Waals surface area contributed by atoms with Gasteiger partial charge < -0.3 is 19.8 Å². The van der Waals surface area contributed by atoms with E-state index in [1.807, 2.05) is 27.2 Å². The average molecular weight is 1010 g/mol. The second-order valence-electron chi connectivity index (χ2n) is 21.0. The molecule has 0 fully saturated rings. The van der Waals surface area contributed by atoms with Crippen molar-refractivity contribution in [2.24, 2.45) is 0 Å². The molecular weight excluding hydrogens is 900 g/mol. The first-order valence-electron chi connectivity index (χ1n) is 29.5. The van der Waals surface area contributed by atoms with Crippen LogP contribution in [0.3, 0.4) is 0 Å². The van der Waals surface area contributed by atoms with Crippen molar-refractivity contribution in [1.29, 1.82) is 0 Å². The Balaban J connectivity index is 3.80. The lowest BCUT2D eigenvalue weighted by Gasteiger charge is -2.25. The lowest BCUT2D eigenvalue weighted by molar-refractivity contribution is -0.870. The Morgan fingerprint density at radius 2 is 0.845 bits per heavy atom. The highest BCUT2D eigenvalue weighted by molar-refractivity contribution is 7.47. The van der Waals surface area contributed by atoms with Crippen LogP contribution < -0.4 is 5.32 Å². The number of carbonyl (C=O) groups excluding carboxylic acids is 1. The zero-order valence-electron chi connectivity index (χ0n) is 46.9. The highest BCUT2D eigenvalue weighted by Gasteiger charge is 2.27. The van der Waals surface area contributed by atoms with E-state index in [2.05, 4.69) is 92.1 Å². The summed E-state index contributed by atoms with van der Waals surface area (Å²) < 4.78 is 23.5. The van der Waals surface area contributed by atoms with Gasteiger partial charge >= 0.3 is 7.82 Å². The highest BCUT2D eigenvalue weighted by Crippen LogP contribution is 2.43. The zero-order valence-corrected chi connectivity index (χ0v) is 47.8. The van der Waals surface area contributed by atoms with Gasteiger partial charge in [0.1, 0.15) is 13.2 Å². The van der Waals surface area contributed by atoms with Gasteiger partial charge in [0.15, 0.2) is 0 Å². The molecule has 9 heteroatoms. The number of hydrogen-bond donors (Lipinski definition) is 3. The van der Waals surface area contributed by atoms with Gasteiger partial charge in [-0.15, -0.1) is 0 Å². The third-order valence-corrected chi connectivity index (χ3v) is 13.9. The summed E-state index contributed by atoms with van der Waals surface area (Å²) in [6, 6.07) is -0.844. The summed E-state index contributed by atoms with van der Waals surface area (Å²) in [5.41, 5.74) is 0. The monoisotopic (exact) mass is 1010 g/mol. The van der Waals surface area contributed by atoms with E-state index in [0.717, 1.165) is 77.0 Å². The van der Waals surface area contributed by atoms with Gasteiger partial charge in [-0.25, -0.2) is 4.57 Å². The molecule has 3 N–H and O–H groups in total. The van der Waals surface area contributed by atoms with Crippen LogP contribution in [0.15, 0.2) is 85.1 Å². The molecule has 3 unspecified atom stereocenters. The maximum Gasteiger partial charge on any atom is 0.472 e. The number of likely N-dealkylation sites (N-methyl/N-ethyl adjacent to an activating group) is 1. The SMILES string of the molecule is CC/C=C\C/C=C\C/C=C\C/C=C\C/C=C\C/C=C\CCCCCCCCCCCCCCCCCCCCCCCCC(=O)NC(COP(=O)(O)OCC[N+](C)(C)C)C(O)/C=C/CCCCCCCC. The smallest absolute Gasteiger partial charge is 0.387 e. The molecule has 0 aliphatic rings. The van der Waals surface area contributed by atoms with E-state index >= 15 is 0 Å². The molecule has 0 saturated heterocycles. The molecule has 1 amide bonds. The largest absolute Gasteiger partial charge is 0.472 e. The van der Waals surface area contributed by atoms with Crippen molar-refractivity contribution < 1.29 is 32.9 Å². The molecule has 0 aliphatic heterocycles. The number of amides is 1. The molecule has 8 nitrogen and oxygen atoms in total. The number of nitrogens with zero attached hydrogens (tertiary/aromatic N) is 1. The van der Waals surface area contributed by atoms with E-state index in [-0.39, 0.29) is 19.1 Å². The summed E-state index contributed by atoms with van der Waals surface area (Å²) in [5, 5.41) is 13.8. The van der Waals surface area contributed by atoms with Crippen LogP contribution in [0.25, 0.3) is 0 Å². The number of aliphatic hydroxyl groups is 1. The maximum atomic E-state index is 12.9.